The lowest BCUT2D eigenvalue weighted by molar-refractivity contribution is -0.173. The van der Waals surface area contributed by atoms with Crippen LogP contribution in [0.25, 0.3) is 11.0 Å². The lowest BCUT2D eigenvalue weighted by Crippen LogP contribution is -2.42. The van der Waals surface area contributed by atoms with Gasteiger partial charge in [-0.1, -0.05) is 19.1 Å². The van der Waals surface area contributed by atoms with Gasteiger partial charge in [0.25, 0.3) is 0 Å². The molecule has 3 rings (SSSR count). The Morgan fingerprint density at radius 2 is 1.81 bits per heavy atom. The van der Waals surface area contributed by atoms with Gasteiger partial charge >= 0.3 is 6.18 Å². The molecule has 0 radical (unpaired) electrons. The molecular weight excluding hydrogens is 386 g/mol. The standard InChI is InChI=1S/C17H15F4N3O2S/c1-2-24(15(17(19,20)21)11-3-5-12(18)6-4-11)27(25,26)14-8-10-23-16-13(14)7-9-22-16/h3-10,15H,2H2,1H3,(H,22,23)/t15-/m1/s1. The minimum Gasteiger partial charge on any atom is -0.346 e. The number of H-pyrrole nitrogens is 1. The van der Waals surface area contributed by atoms with Gasteiger partial charge in [0.05, 0.1) is 4.90 Å². The largest absolute Gasteiger partial charge is 0.409 e. The van der Waals surface area contributed by atoms with Crippen LogP contribution in [0.15, 0.2) is 53.7 Å². The molecule has 0 aliphatic carbocycles. The van der Waals surface area contributed by atoms with Crippen LogP contribution >= 0.6 is 0 Å². The van der Waals surface area contributed by atoms with Gasteiger partial charge in [-0.15, -0.1) is 0 Å². The maximum Gasteiger partial charge on any atom is 0.409 e. The van der Waals surface area contributed by atoms with Crippen molar-refractivity contribution in [1.82, 2.24) is 14.3 Å². The normalized spacial score (nSPS) is 14.0. The number of fused-ring (bicyclic) bond motifs is 1. The van der Waals surface area contributed by atoms with Crippen LogP contribution in [0.1, 0.15) is 18.5 Å². The molecule has 2 aromatic heterocycles. The molecular formula is C17H15F4N3O2S. The number of hydrogen-bond acceptors (Lipinski definition) is 3. The summed E-state index contributed by atoms with van der Waals surface area (Å²) in [6.45, 7) is 0.882. The number of aromatic nitrogens is 2. The zero-order chi connectivity index (χ0) is 19.8. The number of halogens is 4. The highest BCUT2D eigenvalue weighted by atomic mass is 32.2. The smallest absolute Gasteiger partial charge is 0.346 e. The molecule has 5 nitrogen and oxygen atoms in total. The second kappa shape index (κ2) is 6.93. The number of nitrogens with one attached hydrogen (secondary N) is 1. The number of alkyl halides is 3. The van der Waals surface area contributed by atoms with Crippen molar-refractivity contribution in [2.45, 2.75) is 24.0 Å². The summed E-state index contributed by atoms with van der Waals surface area (Å²) in [5.74, 6) is -0.714. The summed E-state index contributed by atoms with van der Waals surface area (Å²) < 4.78 is 81.2. The quantitative estimate of drug-likeness (QED) is 0.657. The Kier molecular flexibility index (Phi) is 4.96. The lowest BCUT2D eigenvalue weighted by atomic mass is 10.1. The molecule has 0 aliphatic heterocycles. The lowest BCUT2D eigenvalue weighted by Gasteiger charge is -2.32. The molecule has 1 N–H and O–H groups in total. The van der Waals surface area contributed by atoms with E-state index in [0.29, 0.717) is 4.31 Å². The van der Waals surface area contributed by atoms with Gasteiger partial charge in [0.1, 0.15) is 17.5 Å². The first-order valence-electron chi connectivity index (χ1n) is 7.92. The van der Waals surface area contributed by atoms with Crippen LogP contribution in [0.5, 0.6) is 0 Å². The van der Waals surface area contributed by atoms with Crippen LogP contribution in [0.4, 0.5) is 17.6 Å². The number of aromatic amines is 1. The third-order valence-electron chi connectivity index (χ3n) is 4.10. The first-order valence-corrected chi connectivity index (χ1v) is 9.36. The number of hydrogen-bond donors (Lipinski definition) is 1. The van der Waals surface area contributed by atoms with Gasteiger partial charge in [-0.2, -0.15) is 17.5 Å². The van der Waals surface area contributed by atoms with E-state index < -0.39 is 34.6 Å². The average Bonchev–Trinajstić information content (AvgIpc) is 3.07. The summed E-state index contributed by atoms with van der Waals surface area (Å²) in [6.07, 6.45) is -2.24. The molecule has 144 valence electrons. The molecule has 10 heteroatoms. The van der Waals surface area contributed by atoms with E-state index in [-0.39, 0.29) is 21.5 Å². The van der Waals surface area contributed by atoms with E-state index in [1.807, 2.05) is 0 Å². The molecule has 1 atom stereocenters. The molecule has 0 unspecified atom stereocenters. The van der Waals surface area contributed by atoms with E-state index in [9.17, 15) is 26.0 Å². The molecule has 0 aliphatic rings. The predicted molar refractivity (Wildman–Crippen MR) is 90.9 cm³/mol. The van der Waals surface area contributed by atoms with E-state index in [1.54, 1.807) is 0 Å². The van der Waals surface area contributed by atoms with Crippen molar-refractivity contribution in [3.63, 3.8) is 0 Å². The summed E-state index contributed by atoms with van der Waals surface area (Å²) in [5.41, 5.74) is -0.119. The summed E-state index contributed by atoms with van der Waals surface area (Å²) in [7, 11) is -4.53. The molecule has 27 heavy (non-hydrogen) atoms. The van der Waals surface area contributed by atoms with Crippen LogP contribution in [0, 0.1) is 5.82 Å². The molecule has 0 saturated heterocycles. The Hall–Kier alpha value is -2.46. The van der Waals surface area contributed by atoms with Crippen LogP contribution in [-0.2, 0) is 10.0 Å². The molecule has 0 bridgehead atoms. The Morgan fingerprint density at radius 1 is 1.15 bits per heavy atom. The fraction of sp³-hybridized carbons (Fsp3) is 0.235. The second-order valence-corrected chi connectivity index (χ2v) is 7.61. The van der Waals surface area contributed by atoms with Gasteiger partial charge in [0, 0.05) is 24.3 Å². The van der Waals surface area contributed by atoms with Gasteiger partial charge in [-0.05, 0) is 29.8 Å². The van der Waals surface area contributed by atoms with E-state index >= 15 is 0 Å². The fourth-order valence-corrected chi connectivity index (χ4v) is 4.73. The van der Waals surface area contributed by atoms with Crippen molar-refractivity contribution in [3.05, 3.63) is 60.2 Å². The van der Waals surface area contributed by atoms with E-state index in [1.165, 1.54) is 25.4 Å². The van der Waals surface area contributed by atoms with E-state index in [0.717, 1.165) is 30.3 Å². The van der Waals surface area contributed by atoms with Crippen molar-refractivity contribution < 1.29 is 26.0 Å². The molecule has 0 fully saturated rings. The Balaban J connectivity index is 2.17. The summed E-state index contributed by atoms with van der Waals surface area (Å²) >= 11 is 0. The van der Waals surface area contributed by atoms with E-state index in [4.69, 9.17) is 0 Å². The SMILES string of the molecule is CCN([C@H](c1ccc(F)cc1)C(F)(F)F)S(=O)(=O)c1ccnc2[nH]ccc12. The second-order valence-electron chi connectivity index (χ2n) is 5.75. The maximum absolute atomic E-state index is 13.8. The zero-order valence-corrected chi connectivity index (χ0v) is 14.9. The molecule has 1 aromatic carbocycles. The molecule has 3 aromatic rings. The van der Waals surface area contributed by atoms with Crippen molar-refractivity contribution in [1.29, 1.82) is 0 Å². The Labute approximate surface area is 152 Å². The summed E-state index contributed by atoms with van der Waals surface area (Å²) in [4.78, 5) is 6.40. The van der Waals surface area contributed by atoms with Crippen LogP contribution in [0.2, 0.25) is 0 Å². The molecule has 2 heterocycles. The first-order chi connectivity index (χ1) is 12.7. The van der Waals surface area contributed by atoms with E-state index in [2.05, 4.69) is 9.97 Å². The third kappa shape index (κ3) is 3.54. The monoisotopic (exact) mass is 401 g/mol. The van der Waals surface area contributed by atoms with Crippen molar-refractivity contribution in [3.8, 4) is 0 Å². The average molecular weight is 401 g/mol. The first kappa shape index (κ1) is 19.3. The highest BCUT2D eigenvalue weighted by Crippen LogP contribution is 2.41. The number of nitrogens with zero attached hydrogens (tertiary/aromatic N) is 2. The fourth-order valence-electron chi connectivity index (χ4n) is 2.94. The topological polar surface area (TPSA) is 66.1 Å². The highest BCUT2D eigenvalue weighted by Gasteiger charge is 2.49. The van der Waals surface area contributed by atoms with Crippen molar-refractivity contribution >= 4 is 21.1 Å². The van der Waals surface area contributed by atoms with Gasteiger partial charge < -0.3 is 4.98 Å². The van der Waals surface area contributed by atoms with Gasteiger partial charge in [0.2, 0.25) is 10.0 Å². The third-order valence-corrected chi connectivity index (χ3v) is 6.10. The minimum atomic E-state index is -4.90. The molecule has 0 spiro atoms. The number of rotatable bonds is 5. The zero-order valence-electron chi connectivity index (χ0n) is 14.0. The minimum absolute atomic E-state index is 0.191. The Bertz CT molecular complexity index is 1050. The maximum atomic E-state index is 13.8. The van der Waals surface area contributed by atoms with Crippen molar-refractivity contribution in [2.24, 2.45) is 0 Å². The van der Waals surface area contributed by atoms with Gasteiger partial charge in [0.15, 0.2) is 0 Å². The van der Waals surface area contributed by atoms with Crippen molar-refractivity contribution in [2.75, 3.05) is 6.54 Å². The Morgan fingerprint density at radius 3 is 2.41 bits per heavy atom. The van der Waals surface area contributed by atoms with Crippen LogP contribution in [-0.4, -0.2) is 35.4 Å². The summed E-state index contributed by atoms with van der Waals surface area (Å²) in [6, 6.07) is 3.75. The van der Waals surface area contributed by atoms with Gasteiger partial charge in [-0.3, -0.25) is 0 Å². The highest BCUT2D eigenvalue weighted by molar-refractivity contribution is 7.89. The van der Waals surface area contributed by atoms with Gasteiger partial charge in [-0.25, -0.2) is 17.8 Å². The number of benzene rings is 1. The molecule has 0 amide bonds. The number of sulfonamides is 1. The molecule has 0 saturated carbocycles. The summed E-state index contributed by atoms with van der Waals surface area (Å²) in [5, 5.41) is 0.191. The van der Waals surface area contributed by atoms with Crippen LogP contribution < -0.4 is 0 Å². The predicted octanol–water partition coefficient (Wildman–Crippen LogP) is 4.02. The van der Waals surface area contributed by atoms with Crippen LogP contribution in [0.3, 0.4) is 0 Å². The number of pyridine rings is 1.